The van der Waals surface area contributed by atoms with E-state index >= 15 is 0 Å². The Balaban J connectivity index is 1.87. The SMILES string of the molecule is CCOc1ccc([C@@H]2C(C#N)=C(N)Oc3cc4c(cc32)OCO4)cc1OC. The number of rotatable bonds is 4. The molecular formula is C20H18N2O5. The van der Waals surface area contributed by atoms with Gasteiger partial charge in [-0.3, -0.25) is 0 Å². The second kappa shape index (κ2) is 6.65. The summed E-state index contributed by atoms with van der Waals surface area (Å²) >= 11 is 0. The van der Waals surface area contributed by atoms with Gasteiger partial charge in [0.05, 0.1) is 19.6 Å². The number of allylic oxidation sites excluding steroid dienone is 1. The third kappa shape index (κ3) is 2.75. The molecule has 0 aliphatic carbocycles. The van der Waals surface area contributed by atoms with Crippen LogP contribution in [0.5, 0.6) is 28.7 Å². The average molecular weight is 366 g/mol. The average Bonchev–Trinajstić information content (AvgIpc) is 3.13. The Labute approximate surface area is 156 Å². The summed E-state index contributed by atoms with van der Waals surface area (Å²) in [5, 5.41) is 9.70. The lowest BCUT2D eigenvalue weighted by Gasteiger charge is -2.27. The smallest absolute Gasteiger partial charge is 0.231 e. The number of hydrogen-bond donors (Lipinski definition) is 1. The summed E-state index contributed by atoms with van der Waals surface area (Å²) in [6.45, 7) is 2.57. The number of nitrogens with zero attached hydrogens (tertiary/aromatic N) is 1. The van der Waals surface area contributed by atoms with E-state index in [-0.39, 0.29) is 12.7 Å². The van der Waals surface area contributed by atoms with E-state index in [1.807, 2.05) is 31.2 Å². The largest absolute Gasteiger partial charge is 0.493 e. The van der Waals surface area contributed by atoms with Crippen molar-refractivity contribution in [2.24, 2.45) is 5.73 Å². The second-order valence-corrected chi connectivity index (χ2v) is 6.01. The van der Waals surface area contributed by atoms with Crippen molar-refractivity contribution < 1.29 is 23.7 Å². The van der Waals surface area contributed by atoms with Gasteiger partial charge in [0, 0.05) is 11.6 Å². The molecule has 2 aliphatic heterocycles. The molecule has 2 N–H and O–H groups in total. The Morgan fingerprint density at radius 3 is 2.63 bits per heavy atom. The fourth-order valence-corrected chi connectivity index (χ4v) is 3.33. The molecule has 0 unspecified atom stereocenters. The monoisotopic (exact) mass is 366 g/mol. The fourth-order valence-electron chi connectivity index (χ4n) is 3.33. The van der Waals surface area contributed by atoms with Crippen molar-refractivity contribution in [3.8, 4) is 34.8 Å². The third-order valence-electron chi connectivity index (χ3n) is 4.53. The molecule has 138 valence electrons. The van der Waals surface area contributed by atoms with Crippen LogP contribution in [-0.4, -0.2) is 20.5 Å². The molecule has 2 aromatic rings. The fraction of sp³-hybridized carbons (Fsp3) is 0.250. The van der Waals surface area contributed by atoms with E-state index in [9.17, 15) is 5.26 Å². The molecule has 0 bridgehead atoms. The Morgan fingerprint density at radius 2 is 1.93 bits per heavy atom. The first-order valence-electron chi connectivity index (χ1n) is 8.48. The lowest BCUT2D eigenvalue weighted by atomic mass is 9.83. The van der Waals surface area contributed by atoms with Gasteiger partial charge in [0.1, 0.15) is 17.4 Å². The van der Waals surface area contributed by atoms with Crippen molar-refractivity contribution in [1.29, 1.82) is 5.26 Å². The summed E-state index contributed by atoms with van der Waals surface area (Å²) in [6, 6.07) is 11.3. The summed E-state index contributed by atoms with van der Waals surface area (Å²) in [5.74, 6) is 2.60. The number of benzene rings is 2. The molecule has 0 saturated heterocycles. The van der Waals surface area contributed by atoms with Gasteiger partial charge in [0.15, 0.2) is 23.0 Å². The second-order valence-electron chi connectivity index (χ2n) is 6.01. The first-order chi connectivity index (χ1) is 13.2. The van der Waals surface area contributed by atoms with Crippen LogP contribution in [0.2, 0.25) is 0 Å². The highest BCUT2D eigenvalue weighted by Crippen LogP contribution is 2.48. The third-order valence-corrected chi connectivity index (χ3v) is 4.53. The summed E-state index contributed by atoms with van der Waals surface area (Å²) in [6.07, 6.45) is 0. The van der Waals surface area contributed by atoms with E-state index < -0.39 is 5.92 Å². The predicted octanol–water partition coefficient (Wildman–Crippen LogP) is 3.04. The first-order valence-corrected chi connectivity index (χ1v) is 8.48. The van der Waals surface area contributed by atoms with Gasteiger partial charge >= 0.3 is 0 Å². The van der Waals surface area contributed by atoms with Crippen molar-refractivity contribution >= 4 is 0 Å². The Hall–Kier alpha value is -3.53. The van der Waals surface area contributed by atoms with Crippen LogP contribution in [0, 0.1) is 11.3 Å². The minimum atomic E-state index is -0.419. The number of fused-ring (bicyclic) bond motifs is 2. The highest BCUT2D eigenvalue weighted by Gasteiger charge is 2.33. The van der Waals surface area contributed by atoms with Gasteiger partial charge in [-0.2, -0.15) is 5.26 Å². The van der Waals surface area contributed by atoms with Gasteiger partial charge in [-0.15, -0.1) is 0 Å². The summed E-state index contributed by atoms with van der Waals surface area (Å²) in [7, 11) is 1.58. The van der Waals surface area contributed by atoms with Crippen LogP contribution in [0.25, 0.3) is 0 Å². The Bertz CT molecular complexity index is 977. The molecular weight excluding hydrogens is 348 g/mol. The van der Waals surface area contributed by atoms with Crippen LogP contribution >= 0.6 is 0 Å². The maximum Gasteiger partial charge on any atom is 0.231 e. The summed E-state index contributed by atoms with van der Waals surface area (Å²) < 4.78 is 27.6. The Morgan fingerprint density at radius 1 is 1.15 bits per heavy atom. The van der Waals surface area contributed by atoms with Gasteiger partial charge in [-0.25, -0.2) is 0 Å². The van der Waals surface area contributed by atoms with E-state index in [2.05, 4.69) is 6.07 Å². The molecule has 7 heteroatoms. The summed E-state index contributed by atoms with van der Waals surface area (Å²) in [4.78, 5) is 0. The van der Waals surface area contributed by atoms with Crippen LogP contribution in [0.3, 0.4) is 0 Å². The standard InChI is InChI=1S/C20H18N2O5/c1-3-24-14-5-4-11(6-16(14)23-2)19-12-7-17-18(26-10-25-17)8-15(12)27-20(22)13(19)9-21/h4-8,19H,3,10,22H2,1-2H3/t19-/m0/s1. The van der Waals surface area contributed by atoms with Crippen LogP contribution in [0.1, 0.15) is 24.0 Å². The van der Waals surface area contributed by atoms with E-state index in [0.29, 0.717) is 40.9 Å². The normalized spacial score (nSPS) is 17.0. The topological polar surface area (TPSA) is 96.0 Å². The van der Waals surface area contributed by atoms with E-state index in [1.165, 1.54) is 0 Å². The number of nitriles is 1. The van der Waals surface area contributed by atoms with Gasteiger partial charge in [-0.1, -0.05) is 6.07 Å². The Kier molecular flexibility index (Phi) is 4.16. The van der Waals surface area contributed by atoms with Crippen molar-refractivity contribution in [3.05, 3.63) is 52.9 Å². The van der Waals surface area contributed by atoms with E-state index in [4.69, 9.17) is 29.4 Å². The number of methoxy groups -OCH3 is 1. The van der Waals surface area contributed by atoms with Crippen molar-refractivity contribution in [2.75, 3.05) is 20.5 Å². The molecule has 4 rings (SSSR count). The van der Waals surface area contributed by atoms with Gasteiger partial charge in [-0.05, 0) is 30.7 Å². The van der Waals surface area contributed by atoms with Gasteiger partial charge < -0.3 is 29.4 Å². The summed E-state index contributed by atoms with van der Waals surface area (Å²) in [5.41, 5.74) is 7.96. The van der Waals surface area contributed by atoms with Crippen molar-refractivity contribution in [1.82, 2.24) is 0 Å². The molecule has 2 aromatic carbocycles. The minimum absolute atomic E-state index is 0.0710. The zero-order valence-electron chi connectivity index (χ0n) is 14.9. The maximum absolute atomic E-state index is 9.70. The van der Waals surface area contributed by atoms with E-state index in [1.54, 1.807) is 13.2 Å². The zero-order valence-corrected chi connectivity index (χ0v) is 14.9. The molecule has 2 heterocycles. The molecule has 0 aromatic heterocycles. The molecule has 27 heavy (non-hydrogen) atoms. The molecule has 1 atom stereocenters. The number of nitrogens with two attached hydrogens (primary N) is 1. The maximum atomic E-state index is 9.70. The van der Waals surface area contributed by atoms with Crippen molar-refractivity contribution in [2.45, 2.75) is 12.8 Å². The molecule has 0 fully saturated rings. The molecule has 2 aliphatic rings. The van der Waals surface area contributed by atoms with Crippen LogP contribution in [0.4, 0.5) is 0 Å². The lowest BCUT2D eigenvalue weighted by Crippen LogP contribution is -2.21. The lowest BCUT2D eigenvalue weighted by molar-refractivity contribution is 0.174. The number of hydrogen-bond acceptors (Lipinski definition) is 7. The molecule has 0 saturated carbocycles. The van der Waals surface area contributed by atoms with Crippen LogP contribution < -0.4 is 29.4 Å². The highest BCUT2D eigenvalue weighted by atomic mass is 16.7. The van der Waals surface area contributed by atoms with Crippen molar-refractivity contribution in [3.63, 3.8) is 0 Å². The van der Waals surface area contributed by atoms with Gasteiger partial charge in [0.25, 0.3) is 0 Å². The highest BCUT2D eigenvalue weighted by molar-refractivity contribution is 5.62. The zero-order chi connectivity index (χ0) is 19.0. The molecule has 7 nitrogen and oxygen atoms in total. The predicted molar refractivity (Wildman–Crippen MR) is 96.0 cm³/mol. The first kappa shape index (κ1) is 16.9. The van der Waals surface area contributed by atoms with Gasteiger partial charge in [0.2, 0.25) is 12.7 Å². The molecule has 0 radical (unpaired) electrons. The van der Waals surface area contributed by atoms with E-state index in [0.717, 1.165) is 11.1 Å². The molecule has 0 amide bonds. The minimum Gasteiger partial charge on any atom is -0.493 e. The van der Waals surface area contributed by atoms with Crippen LogP contribution in [0.15, 0.2) is 41.8 Å². The number of ether oxygens (including phenoxy) is 5. The quantitative estimate of drug-likeness (QED) is 0.888. The van der Waals surface area contributed by atoms with Crippen LogP contribution in [-0.2, 0) is 0 Å². The molecule has 0 spiro atoms.